The van der Waals surface area contributed by atoms with Crippen molar-refractivity contribution in [2.24, 2.45) is 0 Å². The lowest BCUT2D eigenvalue weighted by atomic mass is 9.93. The summed E-state index contributed by atoms with van der Waals surface area (Å²) in [5.41, 5.74) is 1.07. The first kappa shape index (κ1) is 15.6. The maximum absolute atomic E-state index is 12.2. The van der Waals surface area contributed by atoms with Gasteiger partial charge in [0.2, 0.25) is 5.91 Å². The Morgan fingerprint density at radius 2 is 2.27 bits per heavy atom. The molecule has 1 aliphatic carbocycles. The molecule has 2 atom stereocenters. The van der Waals surface area contributed by atoms with Gasteiger partial charge in [-0.2, -0.15) is 0 Å². The highest BCUT2D eigenvalue weighted by atomic mass is 32.2. The summed E-state index contributed by atoms with van der Waals surface area (Å²) in [5.74, 6) is 1.29. The number of nitrogens with zero attached hydrogens (tertiary/aromatic N) is 1. The van der Waals surface area contributed by atoms with Crippen molar-refractivity contribution in [2.75, 3.05) is 25.1 Å². The Balaban J connectivity index is 1.55. The molecule has 0 saturated carbocycles. The lowest BCUT2D eigenvalue weighted by molar-refractivity contribution is -0.123. The van der Waals surface area contributed by atoms with Gasteiger partial charge < -0.3 is 9.73 Å². The first-order valence-electron chi connectivity index (χ1n) is 7.71. The van der Waals surface area contributed by atoms with Crippen LogP contribution in [0.1, 0.15) is 36.6 Å². The van der Waals surface area contributed by atoms with Crippen LogP contribution in [0.2, 0.25) is 0 Å². The van der Waals surface area contributed by atoms with Crippen LogP contribution in [0.3, 0.4) is 0 Å². The fourth-order valence-corrected chi connectivity index (χ4v) is 5.16. The third-order valence-corrected chi connectivity index (χ3v) is 6.36. The van der Waals surface area contributed by atoms with Gasteiger partial charge in [-0.05, 0) is 32.4 Å². The second-order valence-electron chi connectivity index (χ2n) is 6.28. The van der Waals surface area contributed by atoms with Gasteiger partial charge in [0.1, 0.15) is 5.76 Å². The topological polar surface area (TPSA) is 79.6 Å². The maximum atomic E-state index is 12.2. The Labute approximate surface area is 130 Å². The molecule has 0 spiro atoms. The number of carbonyl (C=O) groups is 1. The van der Waals surface area contributed by atoms with E-state index in [9.17, 15) is 13.2 Å². The molecule has 1 fully saturated rings. The van der Waals surface area contributed by atoms with E-state index in [1.165, 1.54) is 0 Å². The van der Waals surface area contributed by atoms with Crippen molar-refractivity contribution in [1.29, 1.82) is 0 Å². The van der Waals surface area contributed by atoms with Crippen LogP contribution in [0, 0.1) is 0 Å². The minimum absolute atomic E-state index is 0.00992. The quantitative estimate of drug-likeness (QED) is 0.889. The summed E-state index contributed by atoms with van der Waals surface area (Å²) in [7, 11) is -1.11. The van der Waals surface area contributed by atoms with Crippen molar-refractivity contribution in [1.82, 2.24) is 10.2 Å². The number of sulfone groups is 1. The van der Waals surface area contributed by atoms with Gasteiger partial charge in [-0.1, -0.05) is 0 Å². The van der Waals surface area contributed by atoms with E-state index in [0.717, 1.165) is 30.6 Å². The Hall–Kier alpha value is -1.34. The highest BCUT2D eigenvalue weighted by Crippen LogP contribution is 2.30. The third kappa shape index (κ3) is 3.35. The summed E-state index contributed by atoms with van der Waals surface area (Å²) in [6.07, 6.45) is 5.13. The zero-order valence-corrected chi connectivity index (χ0v) is 13.6. The zero-order valence-electron chi connectivity index (χ0n) is 12.7. The summed E-state index contributed by atoms with van der Waals surface area (Å²) in [6.45, 7) is 0.226. The van der Waals surface area contributed by atoms with Crippen LogP contribution in [0.25, 0.3) is 0 Å². The molecule has 1 amide bonds. The monoisotopic (exact) mass is 326 g/mol. The van der Waals surface area contributed by atoms with Gasteiger partial charge in [-0.15, -0.1) is 0 Å². The third-order valence-electron chi connectivity index (χ3n) is 4.61. The molecule has 2 unspecified atom stereocenters. The minimum Gasteiger partial charge on any atom is -0.469 e. The molecule has 22 heavy (non-hydrogen) atoms. The number of amides is 1. The van der Waals surface area contributed by atoms with Crippen LogP contribution in [0.5, 0.6) is 0 Å². The van der Waals surface area contributed by atoms with Gasteiger partial charge >= 0.3 is 0 Å². The molecule has 0 radical (unpaired) electrons. The minimum atomic E-state index is -2.92. The fourth-order valence-electron chi connectivity index (χ4n) is 3.35. The number of furan rings is 1. The van der Waals surface area contributed by atoms with E-state index in [4.69, 9.17) is 4.42 Å². The van der Waals surface area contributed by atoms with Crippen molar-refractivity contribution in [3.63, 3.8) is 0 Å². The molecule has 2 aliphatic rings. The molecular weight excluding hydrogens is 304 g/mol. The SMILES string of the molecule is CN(CC(=O)NC1CCCc2occc21)C1CCS(=O)(=O)C1. The summed E-state index contributed by atoms with van der Waals surface area (Å²) in [5, 5.41) is 3.05. The molecule has 1 saturated heterocycles. The molecular formula is C15H22N2O4S. The highest BCUT2D eigenvalue weighted by Gasteiger charge is 2.32. The largest absolute Gasteiger partial charge is 0.469 e. The Kier molecular flexibility index (Phi) is 4.27. The van der Waals surface area contributed by atoms with Crippen molar-refractivity contribution >= 4 is 15.7 Å². The number of hydrogen-bond acceptors (Lipinski definition) is 5. The first-order valence-corrected chi connectivity index (χ1v) is 9.53. The Morgan fingerprint density at radius 1 is 1.45 bits per heavy atom. The van der Waals surface area contributed by atoms with Crippen molar-refractivity contribution in [2.45, 2.75) is 37.8 Å². The average molecular weight is 326 g/mol. The number of likely N-dealkylation sites (N-methyl/N-ethyl adjacent to an activating group) is 1. The summed E-state index contributed by atoms with van der Waals surface area (Å²) in [4.78, 5) is 14.1. The molecule has 2 heterocycles. The number of carbonyl (C=O) groups excluding carboxylic acids is 1. The van der Waals surface area contributed by atoms with E-state index in [2.05, 4.69) is 5.32 Å². The van der Waals surface area contributed by atoms with E-state index < -0.39 is 9.84 Å². The summed E-state index contributed by atoms with van der Waals surface area (Å²) in [6, 6.07) is 1.88. The molecule has 122 valence electrons. The number of hydrogen-bond donors (Lipinski definition) is 1. The number of aryl methyl sites for hydroxylation is 1. The van der Waals surface area contributed by atoms with Gasteiger partial charge in [0, 0.05) is 18.0 Å². The van der Waals surface area contributed by atoms with Gasteiger partial charge in [0.05, 0.1) is 30.4 Å². The lowest BCUT2D eigenvalue weighted by Gasteiger charge is -2.26. The summed E-state index contributed by atoms with van der Waals surface area (Å²) >= 11 is 0. The van der Waals surface area contributed by atoms with Gasteiger partial charge in [-0.25, -0.2) is 8.42 Å². The average Bonchev–Trinajstić information content (AvgIpc) is 3.05. The van der Waals surface area contributed by atoms with Gasteiger partial charge in [0.25, 0.3) is 0 Å². The van der Waals surface area contributed by atoms with Gasteiger partial charge in [-0.3, -0.25) is 9.69 Å². The van der Waals surface area contributed by atoms with Crippen LogP contribution in [0.15, 0.2) is 16.7 Å². The van der Waals surface area contributed by atoms with Crippen LogP contribution < -0.4 is 5.32 Å². The standard InChI is InChI=1S/C15H22N2O4S/c1-17(11-6-8-22(19,20)10-11)9-15(18)16-13-3-2-4-14-12(13)5-7-21-14/h5,7,11,13H,2-4,6,8-10H2,1H3,(H,16,18). The molecule has 1 aromatic heterocycles. The fraction of sp³-hybridized carbons (Fsp3) is 0.667. The molecule has 1 N–H and O–H groups in total. The van der Waals surface area contributed by atoms with Crippen LogP contribution in [0.4, 0.5) is 0 Å². The normalized spacial score (nSPS) is 26.8. The van der Waals surface area contributed by atoms with Gasteiger partial charge in [0.15, 0.2) is 9.84 Å². The smallest absolute Gasteiger partial charge is 0.234 e. The molecule has 7 heteroatoms. The Morgan fingerprint density at radius 3 is 3.00 bits per heavy atom. The van der Waals surface area contributed by atoms with E-state index in [1.807, 2.05) is 18.0 Å². The number of fused-ring (bicyclic) bond motifs is 1. The van der Waals surface area contributed by atoms with Crippen molar-refractivity contribution in [3.05, 3.63) is 23.7 Å². The molecule has 3 rings (SSSR count). The van der Waals surface area contributed by atoms with E-state index in [-0.39, 0.29) is 36.0 Å². The molecule has 1 aliphatic heterocycles. The summed E-state index contributed by atoms with van der Waals surface area (Å²) < 4.78 is 28.5. The second kappa shape index (κ2) is 6.04. The van der Waals surface area contributed by atoms with E-state index in [0.29, 0.717) is 6.42 Å². The first-order chi connectivity index (χ1) is 10.4. The molecule has 0 aromatic carbocycles. The van der Waals surface area contributed by atoms with Crippen molar-refractivity contribution in [3.8, 4) is 0 Å². The molecule has 1 aromatic rings. The molecule has 0 bridgehead atoms. The predicted molar refractivity (Wildman–Crippen MR) is 82.2 cm³/mol. The highest BCUT2D eigenvalue weighted by molar-refractivity contribution is 7.91. The van der Waals surface area contributed by atoms with Crippen LogP contribution in [-0.2, 0) is 21.1 Å². The molecule has 6 nitrogen and oxygen atoms in total. The Bertz CT molecular complexity index is 652. The van der Waals surface area contributed by atoms with E-state index in [1.54, 1.807) is 6.26 Å². The lowest BCUT2D eigenvalue weighted by Crippen LogP contribution is -2.42. The zero-order chi connectivity index (χ0) is 15.7. The van der Waals surface area contributed by atoms with Crippen LogP contribution >= 0.6 is 0 Å². The predicted octanol–water partition coefficient (Wildman–Crippen LogP) is 0.892. The van der Waals surface area contributed by atoms with E-state index >= 15 is 0 Å². The van der Waals surface area contributed by atoms with Crippen molar-refractivity contribution < 1.29 is 17.6 Å². The van der Waals surface area contributed by atoms with Crippen LogP contribution in [-0.4, -0.2) is 50.4 Å². The number of nitrogens with one attached hydrogen (secondary N) is 1. The second-order valence-corrected chi connectivity index (χ2v) is 8.51. The maximum Gasteiger partial charge on any atom is 0.234 e. The number of rotatable bonds is 4.